The summed E-state index contributed by atoms with van der Waals surface area (Å²) >= 11 is 0. The second kappa shape index (κ2) is 34.6. The maximum absolute atomic E-state index is 12.7. The van der Waals surface area contributed by atoms with E-state index in [-0.39, 0.29) is 19.6 Å². The van der Waals surface area contributed by atoms with Crippen molar-refractivity contribution >= 4 is 13.7 Å². The molecule has 0 heterocycles. The average Bonchev–Trinajstić information content (AvgIpc) is 3.06. The van der Waals surface area contributed by atoms with Crippen molar-refractivity contribution in [1.82, 2.24) is 5.32 Å². The molecule has 4 atom stereocenters. The normalized spacial score (nSPS) is 15.0. The number of aliphatic hydroxyl groups is 2. The number of allylic oxidation sites excluding steroid dienone is 1. The molecule has 10 heteroatoms. The minimum Gasteiger partial charge on any atom is -0.393 e. The molecule has 1 amide bonds. The average molecular weight is 705 g/mol. The van der Waals surface area contributed by atoms with Gasteiger partial charge in [-0.1, -0.05) is 174 Å². The quantitative estimate of drug-likeness (QED) is 0.0244. The van der Waals surface area contributed by atoms with E-state index in [4.69, 9.17) is 14.8 Å². The van der Waals surface area contributed by atoms with Crippen molar-refractivity contribution in [3.8, 4) is 0 Å². The molecule has 6 N–H and O–H groups in total. The van der Waals surface area contributed by atoms with E-state index in [2.05, 4.69) is 19.2 Å². The topological polar surface area (TPSA) is 151 Å². The molecule has 48 heavy (non-hydrogen) atoms. The summed E-state index contributed by atoms with van der Waals surface area (Å²) in [4.78, 5) is 22.7. The Kier molecular flexibility index (Phi) is 34.1. The van der Waals surface area contributed by atoms with Gasteiger partial charge in [-0.05, 0) is 19.3 Å². The van der Waals surface area contributed by atoms with Crippen LogP contribution in [0.2, 0.25) is 0 Å². The number of phosphoric ester groups is 1. The van der Waals surface area contributed by atoms with Crippen LogP contribution < -0.4 is 11.1 Å². The molecular formula is C38H77N2O7P. The molecule has 0 aromatic heterocycles. The lowest BCUT2D eigenvalue weighted by atomic mass is 10.0. The van der Waals surface area contributed by atoms with E-state index in [1.165, 1.54) is 122 Å². The molecule has 0 aliphatic heterocycles. The van der Waals surface area contributed by atoms with Crippen LogP contribution in [0.3, 0.4) is 0 Å². The standard InChI is InChI=1S/C38H77N2O7P/c1-3-5-7-9-11-13-15-17-18-19-21-23-25-27-29-35(41)33-38(43)40-36(34-47-48(44,45)46-32-31-39)37(42)30-28-26-24-22-20-16-14-12-10-8-6-4-2/h28,30,35-37,41-42H,3-27,29,31-34,39H2,1-2H3,(H,40,43)(H,44,45)/b30-28+. The first-order valence-electron chi connectivity index (χ1n) is 19.9. The Labute approximate surface area is 295 Å². The summed E-state index contributed by atoms with van der Waals surface area (Å²) in [5, 5.41) is 23.9. The lowest BCUT2D eigenvalue weighted by Crippen LogP contribution is -2.46. The Balaban J connectivity index is 4.37. The van der Waals surface area contributed by atoms with Crippen molar-refractivity contribution in [2.45, 2.75) is 205 Å². The van der Waals surface area contributed by atoms with Crippen LogP contribution >= 0.6 is 7.82 Å². The Morgan fingerprint density at radius 3 is 1.60 bits per heavy atom. The predicted octanol–water partition coefficient (Wildman–Crippen LogP) is 9.41. The third kappa shape index (κ3) is 32.4. The Morgan fingerprint density at radius 1 is 0.708 bits per heavy atom. The molecule has 0 radical (unpaired) electrons. The highest BCUT2D eigenvalue weighted by atomic mass is 31.2. The number of rotatable bonds is 37. The van der Waals surface area contributed by atoms with Crippen LogP contribution in [0.15, 0.2) is 12.2 Å². The van der Waals surface area contributed by atoms with Gasteiger partial charge in [0.25, 0.3) is 0 Å². The predicted molar refractivity (Wildman–Crippen MR) is 200 cm³/mol. The van der Waals surface area contributed by atoms with E-state index in [1.807, 2.05) is 6.08 Å². The van der Waals surface area contributed by atoms with Gasteiger partial charge < -0.3 is 26.2 Å². The molecule has 0 aliphatic carbocycles. The van der Waals surface area contributed by atoms with E-state index in [0.717, 1.165) is 38.5 Å². The smallest absolute Gasteiger partial charge is 0.393 e. The number of amides is 1. The number of hydrogen-bond acceptors (Lipinski definition) is 7. The molecular weight excluding hydrogens is 627 g/mol. The molecule has 0 saturated carbocycles. The maximum atomic E-state index is 12.7. The van der Waals surface area contributed by atoms with Gasteiger partial charge in [0.1, 0.15) is 0 Å². The molecule has 0 aliphatic rings. The van der Waals surface area contributed by atoms with Gasteiger partial charge in [0.05, 0.1) is 37.9 Å². The third-order valence-electron chi connectivity index (χ3n) is 8.92. The van der Waals surface area contributed by atoms with Crippen LogP contribution in [-0.2, 0) is 18.4 Å². The molecule has 4 unspecified atom stereocenters. The first-order chi connectivity index (χ1) is 23.3. The van der Waals surface area contributed by atoms with Crippen molar-refractivity contribution in [3.63, 3.8) is 0 Å². The molecule has 0 spiro atoms. The van der Waals surface area contributed by atoms with Gasteiger partial charge in [0.2, 0.25) is 5.91 Å². The van der Waals surface area contributed by atoms with Gasteiger partial charge in [0, 0.05) is 6.54 Å². The van der Waals surface area contributed by atoms with E-state index >= 15 is 0 Å². The fourth-order valence-electron chi connectivity index (χ4n) is 5.88. The largest absolute Gasteiger partial charge is 0.472 e. The van der Waals surface area contributed by atoms with Crippen LogP contribution in [0, 0.1) is 0 Å². The SMILES string of the molecule is CCCCCCCCCCCC/C=C/C(O)C(COP(=O)(O)OCCN)NC(=O)CC(O)CCCCCCCCCCCCCCCC. The zero-order valence-corrected chi connectivity index (χ0v) is 32.0. The Bertz CT molecular complexity index is 786. The molecule has 0 aromatic rings. The summed E-state index contributed by atoms with van der Waals surface area (Å²) in [5.74, 6) is -0.445. The summed E-state index contributed by atoms with van der Waals surface area (Å²) in [5.41, 5.74) is 5.34. The highest BCUT2D eigenvalue weighted by Gasteiger charge is 2.27. The minimum absolute atomic E-state index is 0.0512. The van der Waals surface area contributed by atoms with E-state index < -0.39 is 38.6 Å². The minimum atomic E-state index is -4.39. The molecule has 0 fully saturated rings. The van der Waals surface area contributed by atoms with Crippen molar-refractivity contribution in [1.29, 1.82) is 0 Å². The maximum Gasteiger partial charge on any atom is 0.472 e. The van der Waals surface area contributed by atoms with Gasteiger partial charge in [-0.25, -0.2) is 4.57 Å². The highest BCUT2D eigenvalue weighted by Crippen LogP contribution is 2.43. The van der Waals surface area contributed by atoms with Crippen molar-refractivity contribution in [2.24, 2.45) is 5.73 Å². The first-order valence-corrected chi connectivity index (χ1v) is 21.4. The van der Waals surface area contributed by atoms with Gasteiger partial charge in [-0.2, -0.15) is 0 Å². The molecule has 0 saturated heterocycles. The van der Waals surface area contributed by atoms with Crippen LogP contribution in [0.1, 0.15) is 187 Å². The number of nitrogens with one attached hydrogen (secondary N) is 1. The van der Waals surface area contributed by atoms with Crippen LogP contribution in [-0.4, -0.2) is 59.0 Å². The summed E-state index contributed by atoms with van der Waals surface area (Å²) in [6.45, 7) is 3.96. The summed E-state index contributed by atoms with van der Waals surface area (Å²) in [6.07, 6.45) is 32.9. The molecule has 0 rings (SSSR count). The van der Waals surface area contributed by atoms with Crippen molar-refractivity contribution in [3.05, 3.63) is 12.2 Å². The number of unbranched alkanes of at least 4 members (excludes halogenated alkanes) is 23. The second-order valence-corrected chi connectivity index (χ2v) is 15.1. The van der Waals surface area contributed by atoms with E-state index in [1.54, 1.807) is 6.08 Å². The molecule has 0 bridgehead atoms. The molecule has 0 aromatic carbocycles. The lowest BCUT2D eigenvalue weighted by Gasteiger charge is -2.24. The Hall–Kier alpha value is -0.800. The number of hydrogen-bond donors (Lipinski definition) is 5. The van der Waals surface area contributed by atoms with E-state index in [9.17, 15) is 24.5 Å². The first kappa shape index (κ1) is 47.2. The van der Waals surface area contributed by atoms with Crippen LogP contribution in [0.25, 0.3) is 0 Å². The summed E-state index contributed by atoms with van der Waals surface area (Å²) < 4.78 is 22.0. The zero-order valence-electron chi connectivity index (χ0n) is 31.1. The fraction of sp³-hybridized carbons (Fsp3) is 0.921. The summed E-state index contributed by atoms with van der Waals surface area (Å²) in [7, 11) is -4.39. The fourth-order valence-corrected chi connectivity index (χ4v) is 6.64. The van der Waals surface area contributed by atoms with Gasteiger partial charge in [-0.3, -0.25) is 13.8 Å². The Morgan fingerprint density at radius 2 is 1.15 bits per heavy atom. The number of aliphatic hydroxyl groups excluding tert-OH is 2. The van der Waals surface area contributed by atoms with Crippen molar-refractivity contribution < 1.29 is 33.5 Å². The number of carbonyl (C=O) groups is 1. The monoisotopic (exact) mass is 705 g/mol. The van der Waals surface area contributed by atoms with Crippen molar-refractivity contribution in [2.75, 3.05) is 19.8 Å². The third-order valence-corrected chi connectivity index (χ3v) is 9.90. The summed E-state index contributed by atoms with van der Waals surface area (Å²) in [6, 6.07) is -0.975. The van der Waals surface area contributed by atoms with E-state index in [0.29, 0.717) is 6.42 Å². The highest BCUT2D eigenvalue weighted by molar-refractivity contribution is 7.47. The molecule has 9 nitrogen and oxygen atoms in total. The van der Waals surface area contributed by atoms with Gasteiger partial charge in [-0.15, -0.1) is 0 Å². The number of carbonyl (C=O) groups excluding carboxylic acids is 1. The van der Waals surface area contributed by atoms with Gasteiger partial charge >= 0.3 is 7.82 Å². The van der Waals surface area contributed by atoms with Gasteiger partial charge in [0.15, 0.2) is 0 Å². The molecule has 286 valence electrons. The number of phosphoric acid groups is 1. The lowest BCUT2D eigenvalue weighted by molar-refractivity contribution is -0.124. The second-order valence-electron chi connectivity index (χ2n) is 13.7. The number of nitrogens with two attached hydrogens (primary N) is 1. The zero-order chi connectivity index (χ0) is 35.6. The van der Waals surface area contributed by atoms with Crippen LogP contribution in [0.4, 0.5) is 0 Å². The van der Waals surface area contributed by atoms with Crippen LogP contribution in [0.5, 0.6) is 0 Å².